The topological polar surface area (TPSA) is 102 Å². The number of thioether (sulfide) groups is 1. The van der Waals surface area contributed by atoms with Gasteiger partial charge in [0.1, 0.15) is 0 Å². The number of rotatable bonds is 7. The van der Waals surface area contributed by atoms with Crippen LogP contribution in [0.2, 0.25) is 0 Å². The van der Waals surface area contributed by atoms with E-state index in [1.807, 2.05) is 64.1 Å². The predicted molar refractivity (Wildman–Crippen MR) is 122 cm³/mol. The predicted octanol–water partition coefficient (Wildman–Crippen LogP) is 3.13. The van der Waals surface area contributed by atoms with Gasteiger partial charge < -0.3 is 10.6 Å². The van der Waals surface area contributed by atoms with Gasteiger partial charge in [-0.05, 0) is 67.3 Å². The Morgan fingerprint density at radius 3 is 2.19 bits per heavy atom. The average molecular weight is 439 g/mol. The quantitative estimate of drug-likeness (QED) is 0.550. The number of tetrazole rings is 1. The molecule has 1 aromatic heterocycles. The Hall–Kier alpha value is -3.20. The van der Waals surface area contributed by atoms with E-state index in [1.54, 1.807) is 11.6 Å². The SMILES string of the molecule is Cc1cccc(C)c1NC(=O)CNC(=O)C(C)Sc1nnnn1-c1c(C)cccc1C. The van der Waals surface area contributed by atoms with E-state index in [9.17, 15) is 9.59 Å². The van der Waals surface area contributed by atoms with Gasteiger partial charge in [0.25, 0.3) is 0 Å². The highest BCUT2D eigenvalue weighted by molar-refractivity contribution is 8.00. The van der Waals surface area contributed by atoms with E-state index in [2.05, 4.69) is 26.2 Å². The number of para-hydroxylation sites is 2. The van der Waals surface area contributed by atoms with Crippen molar-refractivity contribution in [1.82, 2.24) is 25.5 Å². The van der Waals surface area contributed by atoms with Crippen LogP contribution in [0.15, 0.2) is 41.6 Å². The van der Waals surface area contributed by atoms with Gasteiger partial charge in [-0.1, -0.05) is 48.2 Å². The molecule has 1 unspecified atom stereocenters. The maximum Gasteiger partial charge on any atom is 0.243 e. The summed E-state index contributed by atoms with van der Waals surface area (Å²) in [6.45, 7) is 9.49. The number of hydrogen-bond acceptors (Lipinski definition) is 6. The highest BCUT2D eigenvalue weighted by atomic mass is 32.2. The van der Waals surface area contributed by atoms with Crippen molar-refractivity contribution in [3.8, 4) is 5.69 Å². The van der Waals surface area contributed by atoms with E-state index in [4.69, 9.17) is 0 Å². The summed E-state index contributed by atoms with van der Waals surface area (Å²) in [7, 11) is 0. The summed E-state index contributed by atoms with van der Waals surface area (Å²) in [5.41, 5.74) is 5.69. The molecule has 31 heavy (non-hydrogen) atoms. The smallest absolute Gasteiger partial charge is 0.243 e. The molecule has 0 saturated carbocycles. The van der Waals surface area contributed by atoms with E-state index >= 15 is 0 Å². The van der Waals surface area contributed by atoms with Crippen LogP contribution in [0.5, 0.6) is 0 Å². The lowest BCUT2D eigenvalue weighted by Gasteiger charge is -2.14. The molecule has 2 aromatic carbocycles. The minimum Gasteiger partial charge on any atom is -0.346 e. The lowest BCUT2D eigenvalue weighted by Crippen LogP contribution is -2.37. The van der Waals surface area contributed by atoms with Crippen molar-refractivity contribution in [2.45, 2.75) is 45.0 Å². The number of nitrogens with zero attached hydrogens (tertiary/aromatic N) is 4. The standard InChI is InChI=1S/C22H26N6O2S/c1-13-8-6-9-14(2)19(13)24-18(29)12-23-21(30)17(5)31-22-25-26-27-28(22)20-15(3)10-7-11-16(20)4/h6-11,17H,12H2,1-5H3,(H,23,30)(H,24,29). The molecule has 0 fully saturated rings. The number of hydrogen-bond donors (Lipinski definition) is 2. The number of aryl methyl sites for hydroxylation is 4. The first kappa shape index (κ1) is 22.5. The Labute approximate surface area is 185 Å². The zero-order chi connectivity index (χ0) is 22.5. The van der Waals surface area contributed by atoms with Crippen molar-refractivity contribution >= 4 is 29.3 Å². The lowest BCUT2D eigenvalue weighted by molar-refractivity contribution is -0.123. The summed E-state index contributed by atoms with van der Waals surface area (Å²) in [5, 5.41) is 17.5. The van der Waals surface area contributed by atoms with Gasteiger partial charge in [-0.25, -0.2) is 0 Å². The van der Waals surface area contributed by atoms with Gasteiger partial charge in [0, 0.05) is 5.69 Å². The van der Waals surface area contributed by atoms with Crippen LogP contribution in [0.1, 0.15) is 29.2 Å². The van der Waals surface area contributed by atoms with Gasteiger partial charge in [0.2, 0.25) is 17.0 Å². The fourth-order valence-electron chi connectivity index (χ4n) is 3.25. The van der Waals surface area contributed by atoms with Crippen molar-refractivity contribution in [2.24, 2.45) is 0 Å². The van der Waals surface area contributed by atoms with Gasteiger partial charge in [-0.2, -0.15) is 4.68 Å². The van der Waals surface area contributed by atoms with E-state index in [0.717, 1.165) is 33.6 Å². The molecule has 162 valence electrons. The Balaban J connectivity index is 1.61. The molecule has 1 atom stereocenters. The number of benzene rings is 2. The summed E-state index contributed by atoms with van der Waals surface area (Å²) in [5.74, 6) is -0.541. The number of nitrogens with one attached hydrogen (secondary N) is 2. The Morgan fingerprint density at radius 1 is 1.00 bits per heavy atom. The first-order valence-electron chi connectivity index (χ1n) is 9.93. The van der Waals surface area contributed by atoms with Gasteiger partial charge in [0.05, 0.1) is 17.5 Å². The summed E-state index contributed by atoms with van der Waals surface area (Å²) in [6, 6.07) is 11.8. The zero-order valence-electron chi connectivity index (χ0n) is 18.3. The molecule has 2 N–H and O–H groups in total. The Kier molecular flexibility index (Phi) is 7.06. The maximum atomic E-state index is 12.6. The largest absolute Gasteiger partial charge is 0.346 e. The van der Waals surface area contributed by atoms with E-state index < -0.39 is 5.25 Å². The average Bonchev–Trinajstić information content (AvgIpc) is 3.16. The number of anilines is 1. The molecule has 3 aromatic rings. The molecule has 2 amide bonds. The fourth-order valence-corrected chi connectivity index (χ4v) is 4.07. The molecular weight excluding hydrogens is 412 g/mol. The molecule has 0 bridgehead atoms. The van der Waals surface area contributed by atoms with Gasteiger partial charge >= 0.3 is 0 Å². The van der Waals surface area contributed by atoms with Gasteiger partial charge in [-0.3, -0.25) is 9.59 Å². The molecule has 3 rings (SSSR count). The summed E-state index contributed by atoms with van der Waals surface area (Å²) >= 11 is 1.24. The Bertz CT molecular complexity index is 1070. The van der Waals surface area contributed by atoms with E-state index in [1.165, 1.54) is 11.8 Å². The maximum absolute atomic E-state index is 12.6. The van der Waals surface area contributed by atoms with Crippen LogP contribution < -0.4 is 10.6 Å². The normalized spacial score (nSPS) is 11.8. The van der Waals surface area contributed by atoms with Crippen LogP contribution in [0, 0.1) is 27.7 Å². The number of carbonyl (C=O) groups excluding carboxylic acids is 2. The Morgan fingerprint density at radius 2 is 1.58 bits per heavy atom. The van der Waals surface area contributed by atoms with Gasteiger partial charge in [0.15, 0.2) is 0 Å². The van der Waals surface area contributed by atoms with Crippen LogP contribution in [-0.4, -0.2) is 43.8 Å². The van der Waals surface area contributed by atoms with Crippen LogP contribution in [0.4, 0.5) is 5.69 Å². The first-order chi connectivity index (χ1) is 14.8. The van der Waals surface area contributed by atoms with Crippen molar-refractivity contribution in [2.75, 3.05) is 11.9 Å². The third kappa shape index (κ3) is 5.29. The lowest BCUT2D eigenvalue weighted by atomic mass is 10.1. The highest BCUT2D eigenvalue weighted by Crippen LogP contribution is 2.26. The second kappa shape index (κ2) is 9.74. The molecule has 0 aliphatic rings. The van der Waals surface area contributed by atoms with Crippen LogP contribution in [0.3, 0.4) is 0 Å². The number of aromatic nitrogens is 4. The van der Waals surface area contributed by atoms with Crippen LogP contribution in [-0.2, 0) is 9.59 Å². The van der Waals surface area contributed by atoms with E-state index in [-0.39, 0.29) is 18.4 Å². The molecule has 0 aliphatic heterocycles. The van der Waals surface area contributed by atoms with Crippen molar-refractivity contribution in [3.63, 3.8) is 0 Å². The fraction of sp³-hybridized carbons (Fsp3) is 0.318. The summed E-state index contributed by atoms with van der Waals surface area (Å²) < 4.78 is 1.65. The first-order valence-corrected chi connectivity index (χ1v) is 10.8. The number of amides is 2. The third-order valence-corrected chi connectivity index (χ3v) is 5.95. The van der Waals surface area contributed by atoms with Crippen molar-refractivity contribution < 1.29 is 9.59 Å². The minimum atomic E-state index is -0.484. The molecule has 0 aliphatic carbocycles. The molecule has 0 spiro atoms. The van der Waals surface area contributed by atoms with Crippen LogP contribution >= 0.6 is 11.8 Å². The molecule has 1 heterocycles. The second-order valence-corrected chi connectivity index (χ2v) is 8.71. The summed E-state index contributed by atoms with van der Waals surface area (Å²) in [6.07, 6.45) is 0. The monoisotopic (exact) mass is 438 g/mol. The molecular formula is C22H26N6O2S. The highest BCUT2D eigenvalue weighted by Gasteiger charge is 2.21. The number of carbonyl (C=O) groups is 2. The molecule has 0 radical (unpaired) electrons. The van der Waals surface area contributed by atoms with Crippen molar-refractivity contribution in [3.05, 3.63) is 58.7 Å². The molecule has 9 heteroatoms. The van der Waals surface area contributed by atoms with Crippen molar-refractivity contribution in [1.29, 1.82) is 0 Å². The van der Waals surface area contributed by atoms with Crippen LogP contribution in [0.25, 0.3) is 5.69 Å². The van der Waals surface area contributed by atoms with Gasteiger partial charge in [-0.15, -0.1) is 5.10 Å². The second-order valence-electron chi connectivity index (χ2n) is 7.41. The summed E-state index contributed by atoms with van der Waals surface area (Å²) in [4.78, 5) is 24.9. The van der Waals surface area contributed by atoms with E-state index in [0.29, 0.717) is 5.16 Å². The zero-order valence-corrected chi connectivity index (χ0v) is 19.1. The molecule has 0 saturated heterocycles. The molecule has 8 nitrogen and oxygen atoms in total. The minimum absolute atomic E-state index is 0.112. The third-order valence-electron chi connectivity index (χ3n) is 4.91.